The van der Waals surface area contributed by atoms with Crippen LogP contribution in [0.4, 0.5) is 0 Å². The molecule has 11 nitrogen and oxygen atoms in total. The van der Waals surface area contributed by atoms with Crippen molar-refractivity contribution in [2.75, 3.05) is 19.6 Å². The van der Waals surface area contributed by atoms with Crippen molar-refractivity contribution in [3.8, 4) is 34.5 Å². The number of nitrogens with zero attached hydrogens (tertiary/aromatic N) is 2. The third-order valence-corrected chi connectivity index (χ3v) is 9.92. The van der Waals surface area contributed by atoms with Crippen LogP contribution in [-0.4, -0.2) is 57.6 Å². The van der Waals surface area contributed by atoms with E-state index in [0.29, 0.717) is 73.0 Å². The first kappa shape index (κ1) is 36.6. The highest BCUT2D eigenvalue weighted by Crippen LogP contribution is 2.43. The van der Waals surface area contributed by atoms with E-state index in [2.05, 4.69) is 84.7 Å². The van der Waals surface area contributed by atoms with E-state index in [1.165, 1.54) is 6.07 Å². The number of nitrogens with one attached hydrogen (secondary N) is 2. The van der Waals surface area contributed by atoms with E-state index in [9.17, 15) is 25.4 Å². The van der Waals surface area contributed by atoms with Gasteiger partial charge in [0.1, 0.15) is 11.5 Å². The maximum absolute atomic E-state index is 13.0. The highest BCUT2D eigenvalue weighted by atomic mass is 79.9. The van der Waals surface area contributed by atoms with Gasteiger partial charge in [-0.1, -0.05) is 22.4 Å². The normalized spacial score (nSPS) is 16.4. The average molecular weight is 926 g/mol. The largest absolute Gasteiger partial charge is 0.504 e. The molecule has 0 aliphatic carbocycles. The van der Waals surface area contributed by atoms with Crippen LogP contribution in [-0.2, 0) is 30.5 Å². The van der Waals surface area contributed by atoms with Gasteiger partial charge in [-0.3, -0.25) is 4.79 Å². The lowest BCUT2D eigenvalue weighted by molar-refractivity contribution is -0.115. The van der Waals surface area contributed by atoms with E-state index >= 15 is 0 Å². The summed E-state index contributed by atoms with van der Waals surface area (Å²) >= 11 is 14.0. The molecule has 4 aromatic carbocycles. The number of oxime groups is 2. The van der Waals surface area contributed by atoms with Gasteiger partial charge >= 0.3 is 0 Å². The third kappa shape index (κ3) is 9.54. The number of phenols is 2. The molecule has 0 saturated heterocycles. The second-order valence-corrected chi connectivity index (χ2v) is 14.5. The van der Waals surface area contributed by atoms with Crippen LogP contribution < -0.4 is 20.1 Å². The predicted octanol–water partition coefficient (Wildman–Crippen LogP) is 7.98. The molecule has 256 valence electrons. The Balaban J connectivity index is 1.44. The lowest BCUT2D eigenvalue weighted by Crippen LogP contribution is -2.33. The Morgan fingerprint density at radius 1 is 0.653 bits per heavy atom. The van der Waals surface area contributed by atoms with Crippen LogP contribution >= 0.6 is 63.7 Å². The summed E-state index contributed by atoms with van der Waals surface area (Å²) in [6, 6.07) is 17.4. The van der Waals surface area contributed by atoms with Gasteiger partial charge < -0.3 is 40.7 Å². The molecule has 0 saturated carbocycles. The molecule has 3 aliphatic heterocycles. The highest BCUT2D eigenvalue weighted by Gasteiger charge is 2.19. The number of hydrogen-bond donors (Lipinski definition) is 6. The van der Waals surface area contributed by atoms with Crippen LogP contribution in [0, 0.1) is 0 Å². The number of phenolic OH excluding ortho intramolecular Hbond substituents is 2. The lowest BCUT2D eigenvalue weighted by Gasteiger charge is -2.16. The molecule has 3 aliphatic rings. The molecule has 1 amide bonds. The Bertz CT molecular complexity index is 1910. The van der Waals surface area contributed by atoms with E-state index in [0.717, 1.165) is 16.7 Å². The van der Waals surface area contributed by atoms with Gasteiger partial charge in [0.2, 0.25) is 0 Å². The Kier molecular flexibility index (Phi) is 12.6. The minimum Gasteiger partial charge on any atom is -0.504 e. The summed E-state index contributed by atoms with van der Waals surface area (Å²) in [6.45, 7) is 1.19. The monoisotopic (exact) mass is 922 g/mol. The van der Waals surface area contributed by atoms with Crippen molar-refractivity contribution in [3.63, 3.8) is 0 Å². The zero-order chi connectivity index (χ0) is 35.1. The predicted molar refractivity (Wildman–Crippen MR) is 199 cm³/mol. The Hall–Kier alpha value is -3.63. The molecular weight excluding hydrogens is 896 g/mol. The number of hydrogen-bond acceptors (Lipinski definition) is 10. The number of aromatic hydroxyl groups is 2. The van der Waals surface area contributed by atoms with Crippen molar-refractivity contribution in [3.05, 3.63) is 101 Å². The van der Waals surface area contributed by atoms with Crippen LogP contribution in [0.15, 0.2) is 88.9 Å². The second-order valence-electron chi connectivity index (χ2n) is 11.1. The fourth-order valence-corrected chi connectivity index (χ4v) is 7.48. The maximum Gasteiger partial charge on any atom is 0.269 e. The van der Waals surface area contributed by atoms with Crippen LogP contribution in [0.2, 0.25) is 0 Å². The van der Waals surface area contributed by atoms with Crippen LogP contribution in [0.5, 0.6) is 34.5 Å². The van der Waals surface area contributed by atoms with Crippen LogP contribution in [0.25, 0.3) is 0 Å². The molecule has 0 fully saturated rings. The van der Waals surface area contributed by atoms with Crippen molar-refractivity contribution < 1.29 is 34.9 Å². The number of ether oxygens (including phenoxy) is 2. The Morgan fingerprint density at radius 2 is 1.29 bits per heavy atom. The number of rotatable bonds is 0. The van der Waals surface area contributed by atoms with Crippen molar-refractivity contribution in [1.29, 1.82) is 0 Å². The number of carbonyl (C=O) groups is 1. The smallest absolute Gasteiger partial charge is 0.269 e. The van der Waals surface area contributed by atoms with E-state index in [-0.39, 0.29) is 41.7 Å². The summed E-state index contributed by atoms with van der Waals surface area (Å²) in [6.07, 6.45) is 1.38. The van der Waals surface area contributed by atoms with Crippen LogP contribution in [0.1, 0.15) is 22.3 Å². The van der Waals surface area contributed by atoms with Crippen molar-refractivity contribution in [1.82, 2.24) is 10.6 Å². The summed E-state index contributed by atoms with van der Waals surface area (Å²) in [5.74, 6) is 0.459. The molecule has 6 N–H and O–H groups in total. The number of halogens is 4. The van der Waals surface area contributed by atoms with Gasteiger partial charge in [-0.2, -0.15) is 0 Å². The molecule has 8 bridgehead atoms. The average Bonchev–Trinajstić information content (AvgIpc) is 3.07. The molecule has 15 heteroatoms. The van der Waals surface area contributed by atoms with Gasteiger partial charge in [0, 0.05) is 25.9 Å². The van der Waals surface area contributed by atoms with Gasteiger partial charge in [0.05, 0.1) is 23.6 Å². The van der Waals surface area contributed by atoms with Crippen molar-refractivity contribution >= 4 is 81.1 Å². The molecule has 49 heavy (non-hydrogen) atoms. The summed E-state index contributed by atoms with van der Waals surface area (Å²) < 4.78 is 14.3. The van der Waals surface area contributed by atoms with Gasteiger partial charge in [-0.15, -0.1) is 0 Å². The second kappa shape index (κ2) is 16.9. The molecule has 4 aromatic rings. The van der Waals surface area contributed by atoms with E-state index in [1.54, 1.807) is 24.3 Å². The summed E-state index contributed by atoms with van der Waals surface area (Å²) in [5, 5.41) is 53.5. The minimum atomic E-state index is -0.580. The molecule has 0 aromatic heterocycles. The number of benzene rings is 4. The first-order chi connectivity index (χ1) is 23.5. The molecular formula is C34H30Br4N4O7. The SMILES string of the molecule is O=C1NCCc2ccc(O)c(c2)Oc2ccc(cc2Br)CCNCC(=NO)Cc2cc(Br)c(c(Br)c2)Oc2cc(cc(Br)c2O)CC1=NO. The third-order valence-electron chi connectivity index (χ3n) is 7.52. The van der Waals surface area contributed by atoms with Crippen molar-refractivity contribution in [2.45, 2.75) is 25.7 Å². The topological polar surface area (TPSA) is 165 Å². The molecule has 0 spiro atoms. The van der Waals surface area contributed by atoms with Gasteiger partial charge in [-0.05, 0) is 154 Å². The van der Waals surface area contributed by atoms with Gasteiger partial charge in [0.25, 0.3) is 5.91 Å². The maximum atomic E-state index is 13.0. The standard InChI is InChI=1S/C34H30Br4N4O7/c35-23-10-18-2-4-29(23)48-30-15-19(1-3-28(30)43)6-8-40-34(45)27(42-47)14-21-11-24(36)32(44)31(16-21)49-33-25(37)12-20(13-26(33)38)9-22(41-46)17-39-7-5-18/h1-4,10-13,15-16,39,43-44,46-47H,5-9,14,17H2,(H,40,45). The zero-order valence-electron chi connectivity index (χ0n) is 25.6. The quantitative estimate of drug-likeness (QED) is 0.0764. The van der Waals surface area contributed by atoms with E-state index in [4.69, 9.17) is 9.47 Å². The summed E-state index contributed by atoms with van der Waals surface area (Å²) in [4.78, 5) is 13.0. The van der Waals surface area contributed by atoms with Gasteiger partial charge in [-0.25, -0.2) is 0 Å². The Labute approximate surface area is 315 Å². The minimum absolute atomic E-state index is 0.0393. The number of amides is 1. The molecule has 0 radical (unpaired) electrons. The van der Waals surface area contributed by atoms with Crippen LogP contribution in [0.3, 0.4) is 0 Å². The molecule has 3 heterocycles. The molecule has 7 rings (SSSR count). The number of carbonyl (C=O) groups excluding carboxylic acids is 1. The van der Waals surface area contributed by atoms with Crippen molar-refractivity contribution in [2.24, 2.45) is 10.3 Å². The van der Waals surface area contributed by atoms with Gasteiger partial charge in [0.15, 0.2) is 28.7 Å². The highest BCUT2D eigenvalue weighted by molar-refractivity contribution is 9.11. The Morgan fingerprint density at radius 3 is 2.00 bits per heavy atom. The lowest BCUT2D eigenvalue weighted by atomic mass is 10.1. The summed E-state index contributed by atoms with van der Waals surface area (Å²) in [5.41, 5.74) is 3.56. The first-order valence-corrected chi connectivity index (χ1v) is 18.1. The molecule has 0 unspecified atom stereocenters. The fraction of sp³-hybridized carbons (Fsp3) is 0.206. The molecule has 0 atom stereocenters. The van der Waals surface area contributed by atoms with E-state index < -0.39 is 5.91 Å². The first-order valence-electron chi connectivity index (χ1n) is 14.9. The number of fused-ring (bicyclic) bond motifs is 2. The van der Waals surface area contributed by atoms with E-state index in [1.807, 2.05) is 30.3 Å². The fourth-order valence-electron chi connectivity index (χ4n) is 5.04. The summed E-state index contributed by atoms with van der Waals surface area (Å²) in [7, 11) is 0. The zero-order valence-corrected chi connectivity index (χ0v) is 32.0.